The van der Waals surface area contributed by atoms with E-state index in [-0.39, 0.29) is 22.5 Å². The topological polar surface area (TPSA) is 64.4 Å². The van der Waals surface area contributed by atoms with Crippen molar-refractivity contribution in [2.45, 2.75) is 13.0 Å². The van der Waals surface area contributed by atoms with Gasteiger partial charge in [-0.05, 0) is 30.7 Å². The van der Waals surface area contributed by atoms with Crippen molar-refractivity contribution in [3.8, 4) is 5.75 Å². The molecule has 116 valence electrons. The third kappa shape index (κ3) is 3.46. The van der Waals surface area contributed by atoms with Crippen LogP contribution < -0.4 is 10.1 Å². The first kappa shape index (κ1) is 16.0. The number of nitro benzene ring substituents is 1. The highest BCUT2D eigenvalue weighted by molar-refractivity contribution is 6.33. The monoisotopic (exact) mass is 324 g/mol. The first-order valence-corrected chi connectivity index (χ1v) is 6.84. The summed E-state index contributed by atoms with van der Waals surface area (Å²) in [5.74, 6) is -0.284. The molecule has 22 heavy (non-hydrogen) atoms. The Morgan fingerprint density at radius 1 is 1.32 bits per heavy atom. The molecule has 0 spiro atoms. The van der Waals surface area contributed by atoms with Crippen molar-refractivity contribution in [3.63, 3.8) is 0 Å². The molecule has 0 saturated carbocycles. The van der Waals surface area contributed by atoms with Gasteiger partial charge in [0, 0.05) is 18.2 Å². The maximum atomic E-state index is 13.7. The summed E-state index contributed by atoms with van der Waals surface area (Å²) in [6.07, 6.45) is 0. The molecule has 0 unspecified atom stereocenters. The van der Waals surface area contributed by atoms with Crippen LogP contribution in [-0.4, -0.2) is 12.0 Å². The first-order valence-electron chi connectivity index (χ1n) is 6.46. The van der Waals surface area contributed by atoms with E-state index in [1.807, 2.05) is 6.92 Å². The van der Waals surface area contributed by atoms with Gasteiger partial charge in [-0.25, -0.2) is 4.39 Å². The van der Waals surface area contributed by atoms with Gasteiger partial charge in [-0.2, -0.15) is 0 Å². The molecule has 2 aromatic rings. The van der Waals surface area contributed by atoms with Gasteiger partial charge in [0.2, 0.25) is 0 Å². The second-order valence-corrected chi connectivity index (χ2v) is 5.09. The van der Waals surface area contributed by atoms with E-state index in [1.54, 1.807) is 12.1 Å². The summed E-state index contributed by atoms with van der Waals surface area (Å²) in [7, 11) is 1.40. The number of methoxy groups -OCH3 is 1. The first-order chi connectivity index (χ1) is 10.4. The molecule has 7 heteroatoms. The van der Waals surface area contributed by atoms with Crippen molar-refractivity contribution in [1.29, 1.82) is 0 Å². The summed E-state index contributed by atoms with van der Waals surface area (Å²) in [5.41, 5.74) is 1.16. The van der Waals surface area contributed by atoms with Crippen LogP contribution in [0.2, 0.25) is 5.02 Å². The molecular formula is C15H14ClFN2O3. The third-order valence-electron chi connectivity index (χ3n) is 3.21. The van der Waals surface area contributed by atoms with Crippen molar-refractivity contribution in [1.82, 2.24) is 0 Å². The molecular weight excluding hydrogens is 311 g/mol. The molecule has 0 radical (unpaired) electrons. The smallest absolute Gasteiger partial charge is 0.271 e. The van der Waals surface area contributed by atoms with Crippen molar-refractivity contribution in [2.75, 3.05) is 12.4 Å². The molecule has 1 atom stereocenters. The number of benzene rings is 2. The Morgan fingerprint density at radius 2 is 2.05 bits per heavy atom. The van der Waals surface area contributed by atoms with E-state index < -0.39 is 10.7 Å². The molecule has 0 heterocycles. The lowest BCUT2D eigenvalue weighted by molar-refractivity contribution is -0.384. The van der Waals surface area contributed by atoms with Crippen molar-refractivity contribution in [3.05, 3.63) is 62.9 Å². The number of ether oxygens (including phenoxy) is 1. The lowest BCUT2D eigenvalue weighted by atomic mass is 10.1. The van der Waals surface area contributed by atoms with Crippen LogP contribution in [0.5, 0.6) is 5.75 Å². The molecule has 5 nitrogen and oxygen atoms in total. The second kappa shape index (κ2) is 6.62. The number of nitrogens with one attached hydrogen (secondary N) is 1. The molecule has 0 saturated heterocycles. The maximum absolute atomic E-state index is 13.7. The van der Waals surface area contributed by atoms with E-state index in [9.17, 15) is 14.5 Å². The standard InChI is InChI=1S/C15H14ClFN2O3/c1-9(10-3-6-15(22-2)13(17)7-10)18-14-5-4-11(19(20)21)8-12(14)16/h3-9,18H,1-2H3/t9-/m0/s1. The third-order valence-corrected chi connectivity index (χ3v) is 3.52. The van der Waals surface area contributed by atoms with E-state index in [1.165, 1.54) is 31.4 Å². The van der Waals surface area contributed by atoms with Crippen LogP contribution in [0.4, 0.5) is 15.8 Å². The minimum atomic E-state index is -0.516. The fraction of sp³-hybridized carbons (Fsp3) is 0.200. The molecule has 0 aromatic heterocycles. The molecule has 0 aliphatic heterocycles. The number of rotatable bonds is 5. The van der Waals surface area contributed by atoms with Crippen LogP contribution in [-0.2, 0) is 0 Å². The summed E-state index contributed by atoms with van der Waals surface area (Å²) < 4.78 is 18.6. The van der Waals surface area contributed by atoms with Crippen molar-refractivity contribution >= 4 is 23.0 Å². The Labute approximate surface area is 131 Å². The van der Waals surface area contributed by atoms with Gasteiger partial charge in [-0.1, -0.05) is 17.7 Å². The zero-order valence-electron chi connectivity index (χ0n) is 12.0. The van der Waals surface area contributed by atoms with Gasteiger partial charge in [0.25, 0.3) is 5.69 Å². The summed E-state index contributed by atoms with van der Waals surface area (Å²) in [6, 6.07) is 8.56. The molecule has 2 aromatic carbocycles. The average Bonchev–Trinajstić information content (AvgIpc) is 2.48. The van der Waals surface area contributed by atoms with Crippen LogP contribution in [0.3, 0.4) is 0 Å². The van der Waals surface area contributed by atoms with Gasteiger partial charge in [0.15, 0.2) is 11.6 Å². The van der Waals surface area contributed by atoms with Gasteiger partial charge in [-0.3, -0.25) is 10.1 Å². The number of hydrogen-bond donors (Lipinski definition) is 1. The van der Waals surface area contributed by atoms with Crippen LogP contribution in [0.1, 0.15) is 18.5 Å². The van der Waals surface area contributed by atoms with E-state index in [0.29, 0.717) is 11.3 Å². The lowest BCUT2D eigenvalue weighted by Gasteiger charge is -2.17. The minimum absolute atomic E-state index is 0.0845. The zero-order chi connectivity index (χ0) is 16.3. The van der Waals surface area contributed by atoms with E-state index >= 15 is 0 Å². The fourth-order valence-corrected chi connectivity index (χ4v) is 2.23. The summed E-state index contributed by atoms with van der Waals surface area (Å²) >= 11 is 6.02. The molecule has 0 amide bonds. The number of anilines is 1. The molecule has 0 aliphatic carbocycles. The number of halogens is 2. The number of non-ortho nitro benzene ring substituents is 1. The Morgan fingerprint density at radius 3 is 2.59 bits per heavy atom. The van der Waals surface area contributed by atoms with E-state index in [0.717, 1.165) is 0 Å². The molecule has 1 N–H and O–H groups in total. The van der Waals surface area contributed by atoms with Crippen LogP contribution in [0.25, 0.3) is 0 Å². The highest BCUT2D eigenvalue weighted by atomic mass is 35.5. The Hall–Kier alpha value is -2.34. The second-order valence-electron chi connectivity index (χ2n) is 4.68. The number of nitrogens with zero attached hydrogens (tertiary/aromatic N) is 1. The Balaban J connectivity index is 2.20. The van der Waals surface area contributed by atoms with E-state index in [2.05, 4.69) is 5.32 Å². The average molecular weight is 325 g/mol. The van der Waals surface area contributed by atoms with Gasteiger partial charge in [0.1, 0.15) is 0 Å². The van der Waals surface area contributed by atoms with Gasteiger partial charge < -0.3 is 10.1 Å². The van der Waals surface area contributed by atoms with Crippen molar-refractivity contribution < 1.29 is 14.1 Å². The molecule has 0 fully saturated rings. The highest BCUT2D eigenvalue weighted by Gasteiger charge is 2.13. The van der Waals surface area contributed by atoms with Gasteiger partial charge >= 0.3 is 0 Å². The van der Waals surface area contributed by atoms with Gasteiger partial charge in [0.05, 0.1) is 22.7 Å². The molecule has 0 aliphatic rings. The normalized spacial score (nSPS) is 11.8. The lowest BCUT2D eigenvalue weighted by Crippen LogP contribution is -2.07. The number of hydrogen-bond acceptors (Lipinski definition) is 4. The maximum Gasteiger partial charge on any atom is 0.271 e. The molecule has 0 bridgehead atoms. The SMILES string of the molecule is COc1ccc([C@H](C)Nc2ccc([N+](=O)[O-])cc2Cl)cc1F. The Kier molecular flexibility index (Phi) is 4.82. The minimum Gasteiger partial charge on any atom is -0.494 e. The zero-order valence-corrected chi connectivity index (χ0v) is 12.7. The fourth-order valence-electron chi connectivity index (χ4n) is 2.00. The highest BCUT2D eigenvalue weighted by Crippen LogP contribution is 2.30. The van der Waals surface area contributed by atoms with Crippen molar-refractivity contribution in [2.24, 2.45) is 0 Å². The summed E-state index contributed by atoms with van der Waals surface area (Å²) in [4.78, 5) is 10.2. The predicted molar refractivity (Wildman–Crippen MR) is 83.1 cm³/mol. The van der Waals surface area contributed by atoms with Crippen LogP contribution >= 0.6 is 11.6 Å². The Bertz CT molecular complexity index is 709. The van der Waals surface area contributed by atoms with Crippen LogP contribution in [0, 0.1) is 15.9 Å². The van der Waals surface area contributed by atoms with Crippen LogP contribution in [0.15, 0.2) is 36.4 Å². The number of nitro groups is 1. The molecule has 2 rings (SSSR count). The van der Waals surface area contributed by atoms with Gasteiger partial charge in [-0.15, -0.1) is 0 Å². The largest absolute Gasteiger partial charge is 0.494 e. The van der Waals surface area contributed by atoms with E-state index in [4.69, 9.17) is 16.3 Å². The summed E-state index contributed by atoms with van der Waals surface area (Å²) in [5, 5.41) is 14.0. The predicted octanol–water partition coefficient (Wildman–Crippen LogP) is 4.57. The summed E-state index contributed by atoms with van der Waals surface area (Å²) in [6.45, 7) is 1.83. The quantitative estimate of drug-likeness (QED) is 0.646.